The summed E-state index contributed by atoms with van der Waals surface area (Å²) in [6.45, 7) is 2.52. The van der Waals surface area contributed by atoms with Crippen molar-refractivity contribution >= 4 is 23.2 Å². The predicted octanol–water partition coefficient (Wildman–Crippen LogP) is 4.10. The molecule has 1 amide bonds. The zero-order valence-corrected chi connectivity index (χ0v) is 16.3. The Morgan fingerprint density at radius 2 is 1.73 bits per heavy atom. The topological polar surface area (TPSA) is 75.9 Å². The molecule has 0 N–H and O–H groups in total. The number of non-ortho nitro benzene ring substituents is 1. The zero-order valence-electron chi connectivity index (χ0n) is 15.6. The van der Waals surface area contributed by atoms with Crippen molar-refractivity contribution in [2.75, 3.05) is 26.2 Å². The fourth-order valence-electron chi connectivity index (χ4n) is 3.13. The maximum atomic E-state index is 12.7. The molecule has 11 heteroatoms. The molecule has 1 saturated heterocycles. The van der Waals surface area contributed by atoms with E-state index in [4.69, 9.17) is 11.6 Å². The Kier molecular flexibility index (Phi) is 6.47. The van der Waals surface area contributed by atoms with E-state index in [1.807, 2.05) is 0 Å². The number of halogens is 4. The molecular formula is C19H17ClF3N3O4. The van der Waals surface area contributed by atoms with Gasteiger partial charge in [-0.3, -0.25) is 19.8 Å². The number of rotatable bonds is 5. The largest absolute Gasteiger partial charge is 0.573 e. The number of hydrogen-bond donors (Lipinski definition) is 0. The number of amides is 1. The summed E-state index contributed by atoms with van der Waals surface area (Å²) in [6, 6.07) is 9.39. The standard InChI is InChI=1S/C19H17ClF3N3O4/c20-17-11-14(26(28)29)3-6-16(17)18(27)25-9-7-24(8-10-25)12-13-1-4-15(5-2-13)30-19(21,22)23/h1-6,11H,7-10,12H2. The highest BCUT2D eigenvalue weighted by atomic mass is 35.5. The highest BCUT2D eigenvalue weighted by Crippen LogP contribution is 2.25. The van der Waals surface area contributed by atoms with Crippen molar-refractivity contribution < 1.29 is 27.6 Å². The van der Waals surface area contributed by atoms with Crippen molar-refractivity contribution in [3.8, 4) is 5.75 Å². The minimum absolute atomic E-state index is 0.0257. The van der Waals surface area contributed by atoms with Gasteiger partial charge in [0.05, 0.1) is 15.5 Å². The van der Waals surface area contributed by atoms with Crippen molar-refractivity contribution in [1.82, 2.24) is 9.80 Å². The number of benzene rings is 2. The third kappa shape index (κ3) is 5.61. The Balaban J connectivity index is 1.54. The third-order valence-electron chi connectivity index (χ3n) is 4.62. The summed E-state index contributed by atoms with van der Waals surface area (Å²) in [7, 11) is 0. The van der Waals surface area contributed by atoms with Gasteiger partial charge in [0.25, 0.3) is 11.6 Å². The van der Waals surface area contributed by atoms with Gasteiger partial charge in [-0.25, -0.2) is 0 Å². The lowest BCUT2D eigenvalue weighted by Gasteiger charge is -2.35. The number of nitrogens with zero attached hydrogens (tertiary/aromatic N) is 3. The van der Waals surface area contributed by atoms with E-state index in [1.54, 1.807) is 17.0 Å². The van der Waals surface area contributed by atoms with Gasteiger partial charge in [-0.15, -0.1) is 13.2 Å². The molecule has 0 bridgehead atoms. The number of hydrogen-bond acceptors (Lipinski definition) is 5. The van der Waals surface area contributed by atoms with Crippen LogP contribution in [0.5, 0.6) is 5.75 Å². The van der Waals surface area contributed by atoms with E-state index in [2.05, 4.69) is 9.64 Å². The molecule has 2 aromatic rings. The number of nitro groups is 1. The molecule has 30 heavy (non-hydrogen) atoms. The van der Waals surface area contributed by atoms with Crippen LogP contribution in [0, 0.1) is 10.1 Å². The molecule has 0 aliphatic carbocycles. The summed E-state index contributed by atoms with van der Waals surface area (Å²) >= 11 is 6.03. The Morgan fingerprint density at radius 3 is 2.27 bits per heavy atom. The van der Waals surface area contributed by atoms with Gasteiger partial charge in [-0.05, 0) is 23.8 Å². The SMILES string of the molecule is O=C(c1ccc([N+](=O)[O-])cc1Cl)N1CCN(Cc2ccc(OC(F)(F)F)cc2)CC1. The van der Waals surface area contributed by atoms with Crippen molar-refractivity contribution in [2.24, 2.45) is 0 Å². The van der Waals surface area contributed by atoms with Crippen LogP contribution < -0.4 is 4.74 Å². The van der Waals surface area contributed by atoms with Gasteiger partial charge in [-0.2, -0.15) is 0 Å². The summed E-state index contributed by atoms with van der Waals surface area (Å²) in [5.74, 6) is -0.579. The summed E-state index contributed by atoms with van der Waals surface area (Å²) in [5.41, 5.74) is 0.840. The van der Waals surface area contributed by atoms with Crippen molar-refractivity contribution in [3.63, 3.8) is 0 Å². The summed E-state index contributed by atoms with van der Waals surface area (Å²) in [6.07, 6.45) is -4.73. The molecule has 1 aliphatic rings. The van der Waals surface area contributed by atoms with Crippen LogP contribution in [-0.2, 0) is 6.54 Å². The van der Waals surface area contributed by atoms with Gasteiger partial charge in [0.1, 0.15) is 5.75 Å². The van der Waals surface area contributed by atoms with E-state index >= 15 is 0 Å². The summed E-state index contributed by atoms with van der Waals surface area (Å²) in [4.78, 5) is 26.6. The highest BCUT2D eigenvalue weighted by Gasteiger charge is 2.31. The minimum Gasteiger partial charge on any atom is -0.406 e. The summed E-state index contributed by atoms with van der Waals surface area (Å²) in [5, 5.41) is 10.8. The number of alkyl halides is 3. The number of carbonyl (C=O) groups excluding carboxylic acids is 1. The number of piperazine rings is 1. The molecular weight excluding hydrogens is 427 g/mol. The Hall–Kier alpha value is -2.85. The van der Waals surface area contributed by atoms with E-state index in [-0.39, 0.29) is 27.9 Å². The molecule has 0 saturated carbocycles. The molecule has 0 aromatic heterocycles. The second-order valence-electron chi connectivity index (χ2n) is 6.68. The van der Waals surface area contributed by atoms with E-state index in [0.29, 0.717) is 32.7 Å². The molecule has 0 radical (unpaired) electrons. The van der Waals surface area contributed by atoms with Gasteiger partial charge in [0.2, 0.25) is 0 Å². The minimum atomic E-state index is -4.73. The summed E-state index contributed by atoms with van der Waals surface area (Å²) < 4.78 is 40.5. The van der Waals surface area contributed by atoms with Gasteiger partial charge in [0, 0.05) is 44.9 Å². The molecule has 160 valence electrons. The molecule has 1 heterocycles. The third-order valence-corrected chi connectivity index (χ3v) is 4.93. The molecule has 1 fully saturated rings. The Labute approximate surface area is 174 Å². The van der Waals surface area contributed by atoms with Gasteiger partial charge < -0.3 is 9.64 Å². The quantitative estimate of drug-likeness (QED) is 0.513. The van der Waals surface area contributed by atoms with Crippen LogP contribution in [0.3, 0.4) is 0 Å². The number of ether oxygens (including phenoxy) is 1. The van der Waals surface area contributed by atoms with Crippen LogP contribution in [-0.4, -0.2) is 53.2 Å². The number of carbonyl (C=O) groups is 1. The van der Waals surface area contributed by atoms with Crippen LogP contribution in [0.1, 0.15) is 15.9 Å². The van der Waals surface area contributed by atoms with Crippen molar-refractivity contribution in [1.29, 1.82) is 0 Å². The second kappa shape index (κ2) is 8.88. The Bertz CT molecular complexity index is 930. The molecule has 7 nitrogen and oxygen atoms in total. The first kappa shape index (κ1) is 21.8. The van der Waals surface area contributed by atoms with Crippen LogP contribution in [0.2, 0.25) is 5.02 Å². The van der Waals surface area contributed by atoms with Crippen LogP contribution in [0.15, 0.2) is 42.5 Å². The normalized spacial score (nSPS) is 15.1. The fraction of sp³-hybridized carbons (Fsp3) is 0.316. The second-order valence-corrected chi connectivity index (χ2v) is 7.09. The average Bonchev–Trinajstić information content (AvgIpc) is 2.68. The predicted molar refractivity (Wildman–Crippen MR) is 102 cm³/mol. The number of nitro benzene ring substituents is 1. The van der Waals surface area contributed by atoms with Crippen LogP contribution >= 0.6 is 11.6 Å². The van der Waals surface area contributed by atoms with Crippen LogP contribution in [0.25, 0.3) is 0 Å². The van der Waals surface area contributed by atoms with Crippen LogP contribution in [0.4, 0.5) is 18.9 Å². The average molecular weight is 444 g/mol. The first-order chi connectivity index (χ1) is 14.1. The first-order valence-electron chi connectivity index (χ1n) is 8.92. The molecule has 3 rings (SSSR count). The Morgan fingerprint density at radius 1 is 1.10 bits per heavy atom. The first-order valence-corrected chi connectivity index (χ1v) is 9.30. The van der Waals surface area contributed by atoms with E-state index < -0.39 is 11.3 Å². The lowest BCUT2D eigenvalue weighted by atomic mass is 10.1. The van der Waals surface area contributed by atoms with Crippen molar-refractivity contribution in [3.05, 3.63) is 68.7 Å². The molecule has 0 spiro atoms. The van der Waals surface area contributed by atoms with Gasteiger partial charge in [-0.1, -0.05) is 23.7 Å². The van der Waals surface area contributed by atoms with E-state index in [1.165, 1.54) is 24.3 Å². The van der Waals surface area contributed by atoms with E-state index in [9.17, 15) is 28.1 Å². The smallest absolute Gasteiger partial charge is 0.406 e. The van der Waals surface area contributed by atoms with Gasteiger partial charge >= 0.3 is 6.36 Å². The lowest BCUT2D eigenvalue weighted by molar-refractivity contribution is -0.384. The molecule has 0 atom stereocenters. The highest BCUT2D eigenvalue weighted by molar-refractivity contribution is 6.34. The zero-order chi connectivity index (χ0) is 21.9. The molecule has 1 aliphatic heterocycles. The maximum absolute atomic E-state index is 12.7. The molecule has 0 unspecified atom stereocenters. The molecule has 2 aromatic carbocycles. The maximum Gasteiger partial charge on any atom is 0.573 e. The van der Waals surface area contributed by atoms with Gasteiger partial charge in [0.15, 0.2) is 0 Å². The van der Waals surface area contributed by atoms with Crippen molar-refractivity contribution in [2.45, 2.75) is 12.9 Å². The monoisotopic (exact) mass is 443 g/mol. The van der Waals surface area contributed by atoms with E-state index in [0.717, 1.165) is 11.6 Å². The lowest BCUT2D eigenvalue weighted by Crippen LogP contribution is -2.48. The fourth-order valence-corrected chi connectivity index (χ4v) is 3.38.